The van der Waals surface area contributed by atoms with Gasteiger partial charge in [0.15, 0.2) is 5.65 Å². The van der Waals surface area contributed by atoms with Crippen molar-refractivity contribution in [3.8, 4) is 11.3 Å². The summed E-state index contributed by atoms with van der Waals surface area (Å²) in [5, 5.41) is 8.16. The third kappa shape index (κ3) is 4.53. The van der Waals surface area contributed by atoms with Crippen LogP contribution in [-0.4, -0.2) is 32.6 Å². The smallest absolute Gasteiger partial charge is 0.158 e. The summed E-state index contributed by atoms with van der Waals surface area (Å²) in [6, 6.07) is 22.6. The number of nitrogens with one attached hydrogen (secondary N) is 1. The molecule has 0 aliphatic carbocycles. The van der Waals surface area contributed by atoms with Gasteiger partial charge in [0.1, 0.15) is 5.82 Å². The molecule has 2 aromatic carbocycles. The number of aryl methyl sites for hydroxylation is 1. The summed E-state index contributed by atoms with van der Waals surface area (Å²) in [7, 11) is 0. The number of benzene rings is 2. The second-order valence-corrected chi connectivity index (χ2v) is 8.73. The summed E-state index contributed by atoms with van der Waals surface area (Å²) < 4.78 is 1.85. The molecule has 0 saturated heterocycles. The molecule has 0 atom stereocenters. The summed E-state index contributed by atoms with van der Waals surface area (Å²) in [6.07, 6.45) is 4.83. The highest BCUT2D eigenvalue weighted by molar-refractivity contribution is 5.71. The summed E-state index contributed by atoms with van der Waals surface area (Å²) in [5.74, 6) is 0.863. The fraction of sp³-hybridized carbons (Fsp3) is 0.133. The molecule has 3 heterocycles. The van der Waals surface area contributed by atoms with Crippen molar-refractivity contribution >= 4 is 22.8 Å². The summed E-state index contributed by atoms with van der Waals surface area (Å²) in [5.41, 5.74) is 9.28. The third-order valence-electron chi connectivity index (χ3n) is 6.41. The predicted octanol–water partition coefficient (Wildman–Crippen LogP) is 6.79. The molecule has 2 aromatic heterocycles. The van der Waals surface area contributed by atoms with Crippen LogP contribution in [-0.2, 0) is 0 Å². The molecule has 0 amide bonds. The van der Waals surface area contributed by atoms with Gasteiger partial charge in [0, 0.05) is 42.2 Å². The molecule has 1 aliphatic rings. The lowest BCUT2D eigenvalue weighted by atomic mass is 9.98. The standard InChI is InChI=1S/C30H29N5/c1-5-23-16-17-34(20-24(23)6-2)22(4)25-12-14-27(15-13-25)31-30-19-28(26-10-8-7-9-11-26)32-29-18-21(3)33-35(29)30/h5-15,18-19,31H,1-2,4,16-17,20H2,3H3. The minimum Gasteiger partial charge on any atom is -0.367 e. The number of rotatable bonds is 7. The van der Waals surface area contributed by atoms with Gasteiger partial charge in [0.2, 0.25) is 0 Å². The molecule has 174 valence electrons. The van der Waals surface area contributed by atoms with Gasteiger partial charge in [-0.15, -0.1) is 0 Å². The second kappa shape index (κ2) is 9.47. The van der Waals surface area contributed by atoms with Crippen LogP contribution in [0, 0.1) is 6.92 Å². The van der Waals surface area contributed by atoms with Crippen LogP contribution in [0.1, 0.15) is 17.7 Å². The summed E-state index contributed by atoms with van der Waals surface area (Å²) >= 11 is 0. The van der Waals surface area contributed by atoms with Gasteiger partial charge in [-0.2, -0.15) is 9.61 Å². The molecule has 0 radical (unpaired) electrons. The molecule has 35 heavy (non-hydrogen) atoms. The predicted molar refractivity (Wildman–Crippen MR) is 146 cm³/mol. The monoisotopic (exact) mass is 459 g/mol. The van der Waals surface area contributed by atoms with Gasteiger partial charge in [-0.3, -0.25) is 0 Å². The molecule has 1 aliphatic heterocycles. The quantitative estimate of drug-likeness (QED) is 0.330. The zero-order valence-electron chi connectivity index (χ0n) is 20.0. The van der Waals surface area contributed by atoms with Crippen molar-refractivity contribution < 1.29 is 0 Å². The van der Waals surface area contributed by atoms with E-state index < -0.39 is 0 Å². The Bertz CT molecular complexity index is 1440. The van der Waals surface area contributed by atoms with Gasteiger partial charge >= 0.3 is 0 Å². The first-order chi connectivity index (χ1) is 17.1. The van der Waals surface area contributed by atoms with E-state index in [4.69, 9.17) is 4.98 Å². The van der Waals surface area contributed by atoms with Crippen molar-refractivity contribution in [1.29, 1.82) is 0 Å². The lowest BCUT2D eigenvalue weighted by molar-refractivity contribution is 0.418. The van der Waals surface area contributed by atoms with Crippen molar-refractivity contribution in [3.05, 3.63) is 121 Å². The van der Waals surface area contributed by atoms with Gasteiger partial charge in [-0.1, -0.05) is 74.4 Å². The topological polar surface area (TPSA) is 45.5 Å². The van der Waals surface area contributed by atoms with E-state index in [2.05, 4.69) is 71.5 Å². The Balaban J connectivity index is 1.39. The minimum absolute atomic E-state index is 0.805. The molecule has 0 spiro atoms. The van der Waals surface area contributed by atoms with E-state index in [-0.39, 0.29) is 0 Å². The summed E-state index contributed by atoms with van der Waals surface area (Å²) in [4.78, 5) is 7.11. The average Bonchev–Trinajstić information content (AvgIpc) is 3.29. The first-order valence-corrected chi connectivity index (χ1v) is 11.8. The Morgan fingerprint density at radius 1 is 0.971 bits per heavy atom. The van der Waals surface area contributed by atoms with E-state index in [0.717, 1.165) is 64.9 Å². The van der Waals surface area contributed by atoms with Gasteiger partial charge < -0.3 is 10.2 Å². The number of aromatic nitrogens is 3. The van der Waals surface area contributed by atoms with Crippen LogP contribution < -0.4 is 5.32 Å². The van der Waals surface area contributed by atoms with Crippen LogP contribution >= 0.6 is 0 Å². The van der Waals surface area contributed by atoms with Crippen molar-refractivity contribution in [2.75, 3.05) is 18.4 Å². The molecule has 5 rings (SSSR count). The number of allylic oxidation sites excluding steroid dienone is 1. The highest BCUT2D eigenvalue weighted by atomic mass is 15.3. The Labute approximate surface area is 206 Å². The first-order valence-electron chi connectivity index (χ1n) is 11.8. The molecule has 5 heteroatoms. The Hall–Kier alpha value is -4.38. The van der Waals surface area contributed by atoms with Crippen LogP contribution in [0.25, 0.3) is 22.6 Å². The van der Waals surface area contributed by atoms with Crippen molar-refractivity contribution in [2.45, 2.75) is 13.3 Å². The van der Waals surface area contributed by atoms with Crippen LogP contribution in [0.2, 0.25) is 0 Å². The van der Waals surface area contributed by atoms with Crippen LogP contribution in [0.3, 0.4) is 0 Å². The number of fused-ring (bicyclic) bond motifs is 1. The molecule has 0 unspecified atom stereocenters. The second-order valence-electron chi connectivity index (χ2n) is 8.73. The van der Waals surface area contributed by atoms with Gasteiger partial charge in [0.25, 0.3) is 0 Å². The van der Waals surface area contributed by atoms with E-state index >= 15 is 0 Å². The van der Waals surface area contributed by atoms with Gasteiger partial charge in [0.05, 0.1) is 11.4 Å². The molecule has 5 nitrogen and oxygen atoms in total. The zero-order valence-corrected chi connectivity index (χ0v) is 20.0. The van der Waals surface area contributed by atoms with E-state index in [0.29, 0.717) is 0 Å². The van der Waals surface area contributed by atoms with Crippen molar-refractivity contribution in [1.82, 2.24) is 19.5 Å². The van der Waals surface area contributed by atoms with E-state index in [1.54, 1.807) is 0 Å². The zero-order chi connectivity index (χ0) is 24.4. The molecule has 0 saturated carbocycles. The molecule has 0 bridgehead atoms. The van der Waals surface area contributed by atoms with Crippen LogP contribution in [0.15, 0.2) is 110 Å². The van der Waals surface area contributed by atoms with Gasteiger partial charge in [-0.05, 0) is 42.2 Å². The fourth-order valence-corrected chi connectivity index (χ4v) is 4.47. The Morgan fingerprint density at radius 3 is 2.43 bits per heavy atom. The minimum atomic E-state index is 0.805. The van der Waals surface area contributed by atoms with Crippen molar-refractivity contribution in [2.24, 2.45) is 0 Å². The SMILES string of the molecule is C=CC1=C(C=C)CN(C(=C)c2ccc(Nc3cc(-c4ccccc4)nc4cc(C)nn34)cc2)CC1. The number of hydrogen-bond acceptors (Lipinski definition) is 4. The maximum atomic E-state index is 4.81. The first kappa shape index (κ1) is 22.4. The Morgan fingerprint density at radius 2 is 1.71 bits per heavy atom. The molecule has 4 aromatic rings. The Kier molecular flexibility index (Phi) is 6.06. The molecular weight excluding hydrogens is 430 g/mol. The number of anilines is 2. The fourth-order valence-electron chi connectivity index (χ4n) is 4.47. The molecule has 1 N–H and O–H groups in total. The lowest BCUT2D eigenvalue weighted by Gasteiger charge is -2.32. The number of hydrogen-bond donors (Lipinski definition) is 1. The van der Waals surface area contributed by atoms with E-state index in [9.17, 15) is 0 Å². The van der Waals surface area contributed by atoms with Gasteiger partial charge in [-0.25, -0.2) is 4.98 Å². The number of nitrogens with zero attached hydrogens (tertiary/aromatic N) is 4. The molecular formula is C30H29N5. The largest absolute Gasteiger partial charge is 0.367 e. The van der Waals surface area contributed by atoms with E-state index in [1.165, 1.54) is 11.1 Å². The van der Waals surface area contributed by atoms with Crippen LogP contribution in [0.5, 0.6) is 0 Å². The molecule has 0 fully saturated rings. The highest BCUT2D eigenvalue weighted by Gasteiger charge is 2.18. The normalized spacial score (nSPS) is 13.7. The van der Waals surface area contributed by atoms with Crippen LogP contribution in [0.4, 0.5) is 11.5 Å². The average molecular weight is 460 g/mol. The lowest BCUT2D eigenvalue weighted by Crippen LogP contribution is -2.29. The maximum Gasteiger partial charge on any atom is 0.158 e. The van der Waals surface area contributed by atoms with Crippen molar-refractivity contribution in [3.63, 3.8) is 0 Å². The summed E-state index contributed by atoms with van der Waals surface area (Å²) in [6.45, 7) is 16.0. The third-order valence-corrected chi connectivity index (χ3v) is 6.41. The highest BCUT2D eigenvalue weighted by Crippen LogP contribution is 2.29. The maximum absolute atomic E-state index is 4.81. The van der Waals surface area contributed by atoms with E-state index in [1.807, 2.05) is 53.9 Å².